The molecule has 0 saturated heterocycles. The lowest BCUT2D eigenvalue weighted by molar-refractivity contribution is -0.276. The molecule has 0 bridgehead atoms. The highest BCUT2D eigenvalue weighted by Gasteiger charge is 2.41. The Morgan fingerprint density at radius 1 is 0.653 bits per heavy atom. The standard InChI is InChI=1S/C37H30F10O2/c1-2-3-4-5-21-6-8-23(9-7-21)25-17-30(39)34(31(40)18-25)36(43,44)48-27-13-10-22(11-14-27)24-12-15-28(29(38)16-24)26-19-32(41)35(33(42)20-26)49-37(45,46)47/h2-3,10-21,23H,4-9H2,1H3/b3-2+. The molecule has 1 fully saturated rings. The zero-order valence-electron chi connectivity index (χ0n) is 26.0. The largest absolute Gasteiger partial charge is 0.573 e. The van der Waals surface area contributed by atoms with Crippen LogP contribution in [0.5, 0.6) is 11.5 Å². The summed E-state index contributed by atoms with van der Waals surface area (Å²) in [6.07, 6.45) is -0.468. The van der Waals surface area contributed by atoms with Crippen molar-refractivity contribution in [1.82, 2.24) is 0 Å². The summed E-state index contributed by atoms with van der Waals surface area (Å²) < 4.78 is 149. The molecule has 0 amide bonds. The molecule has 49 heavy (non-hydrogen) atoms. The van der Waals surface area contributed by atoms with Crippen molar-refractivity contribution in [2.24, 2.45) is 5.92 Å². The molecule has 0 heterocycles. The van der Waals surface area contributed by atoms with Crippen LogP contribution in [0.3, 0.4) is 0 Å². The highest BCUT2D eigenvalue weighted by molar-refractivity contribution is 5.72. The Bertz CT molecular complexity index is 1760. The second kappa shape index (κ2) is 14.6. The van der Waals surface area contributed by atoms with Gasteiger partial charge in [-0.2, -0.15) is 8.78 Å². The van der Waals surface area contributed by atoms with Crippen LogP contribution in [0.25, 0.3) is 22.3 Å². The molecule has 1 saturated carbocycles. The molecule has 0 N–H and O–H groups in total. The van der Waals surface area contributed by atoms with Crippen molar-refractivity contribution < 1.29 is 53.4 Å². The number of alkyl halides is 5. The van der Waals surface area contributed by atoms with Crippen LogP contribution in [0.15, 0.2) is 78.9 Å². The molecule has 0 aliphatic heterocycles. The van der Waals surface area contributed by atoms with Crippen molar-refractivity contribution in [3.05, 3.63) is 119 Å². The van der Waals surface area contributed by atoms with Gasteiger partial charge in [0, 0.05) is 5.56 Å². The van der Waals surface area contributed by atoms with Crippen LogP contribution < -0.4 is 9.47 Å². The normalized spacial score (nSPS) is 17.0. The number of rotatable bonds is 10. The highest BCUT2D eigenvalue weighted by atomic mass is 19.4. The Labute approximate surface area is 276 Å². The van der Waals surface area contributed by atoms with Gasteiger partial charge in [0.1, 0.15) is 28.8 Å². The van der Waals surface area contributed by atoms with E-state index in [2.05, 4.69) is 10.8 Å². The minimum Gasteiger partial charge on any atom is -0.429 e. The number of halogens is 10. The average Bonchev–Trinajstić information content (AvgIpc) is 3.02. The third-order valence-corrected chi connectivity index (χ3v) is 8.58. The van der Waals surface area contributed by atoms with Crippen molar-refractivity contribution >= 4 is 0 Å². The first-order chi connectivity index (χ1) is 23.1. The van der Waals surface area contributed by atoms with E-state index in [-0.39, 0.29) is 22.6 Å². The second-order valence-corrected chi connectivity index (χ2v) is 11.9. The van der Waals surface area contributed by atoms with E-state index in [9.17, 15) is 26.3 Å². The predicted molar refractivity (Wildman–Crippen MR) is 163 cm³/mol. The van der Waals surface area contributed by atoms with Gasteiger partial charge in [-0.15, -0.1) is 13.2 Å². The summed E-state index contributed by atoms with van der Waals surface area (Å²) in [6, 6.07) is 10.9. The van der Waals surface area contributed by atoms with Gasteiger partial charge in [-0.1, -0.05) is 36.4 Å². The van der Waals surface area contributed by atoms with E-state index in [1.807, 2.05) is 13.0 Å². The molecule has 0 spiro atoms. The van der Waals surface area contributed by atoms with Crippen LogP contribution in [0.1, 0.15) is 62.5 Å². The molecule has 12 heteroatoms. The Balaban J connectivity index is 1.27. The number of allylic oxidation sites excluding steroid dienone is 2. The lowest BCUT2D eigenvalue weighted by Gasteiger charge is -2.29. The molecule has 5 rings (SSSR count). The van der Waals surface area contributed by atoms with E-state index in [0.29, 0.717) is 36.5 Å². The topological polar surface area (TPSA) is 18.5 Å². The molecule has 0 unspecified atom stereocenters. The highest BCUT2D eigenvalue weighted by Crippen LogP contribution is 2.42. The minimum absolute atomic E-state index is 0.141. The maximum Gasteiger partial charge on any atom is 0.573 e. The summed E-state index contributed by atoms with van der Waals surface area (Å²) in [4.78, 5) is 0. The van der Waals surface area contributed by atoms with Crippen molar-refractivity contribution in [3.8, 4) is 33.8 Å². The molecule has 0 atom stereocenters. The van der Waals surface area contributed by atoms with Crippen molar-refractivity contribution in [2.75, 3.05) is 0 Å². The number of ether oxygens (including phenoxy) is 2. The zero-order valence-corrected chi connectivity index (χ0v) is 26.0. The van der Waals surface area contributed by atoms with E-state index < -0.39 is 64.2 Å². The van der Waals surface area contributed by atoms with Crippen molar-refractivity contribution in [1.29, 1.82) is 0 Å². The number of benzene rings is 4. The summed E-state index contributed by atoms with van der Waals surface area (Å²) in [5, 5.41) is 0. The van der Waals surface area contributed by atoms with Crippen LogP contribution in [-0.4, -0.2) is 6.36 Å². The van der Waals surface area contributed by atoms with Crippen LogP contribution in [0, 0.1) is 35.0 Å². The van der Waals surface area contributed by atoms with E-state index in [4.69, 9.17) is 4.74 Å². The summed E-state index contributed by atoms with van der Waals surface area (Å²) in [7, 11) is 0. The van der Waals surface area contributed by atoms with Crippen molar-refractivity contribution in [3.63, 3.8) is 0 Å². The van der Waals surface area contributed by atoms with Gasteiger partial charge in [-0.05, 0) is 122 Å². The van der Waals surface area contributed by atoms with E-state index in [1.54, 1.807) is 0 Å². The van der Waals surface area contributed by atoms with Gasteiger partial charge in [-0.25, -0.2) is 22.0 Å². The summed E-state index contributed by atoms with van der Waals surface area (Å²) in [6.45, 7) is 1.95. The van der Waals surface area contributed by atoms with Gasteiger partial charge < -0.3 is 9.47 Å². The molecule has 0 radical (unpaired) electrons. The third-order valence-electron chi connectivity index (χ3n) is 8.58. The van der Waals surface area contributed by atoms with Crippen LogP contribution in [-0.2, 0) is 6.11 Å². The molecule has 1 aliphatic carbocycles. The van der Waals surface area contributed by atoms with Crippen LogP contribution in [0.2, 0.25) is 0 Å². The molecule has 2 nitrogen and oxygen atoms in total. The smallest absolute Gasteiger partial charge is 0.429 e. The Kier molecular flexibility index (Phi) is 10.6. The Hall–Kier alpha value is -4.48. The lowest BCUT2D eigenvalue weighted by atomic mass is 9.77. The average molecular weight is 697 g/mol. The first-order valence-electron chi connectivity index (χ1n) is 15.5. The van der Waals surface area contributed by atoms with Gasteiger partial charge in [0.25, 0.3) is 0 Å². The van der Waals surface area contributed by atoms with Crippen LogP contribution >= 0.6 is 0 Å². The van der Waals surface area contributed by atoms with E-state index >= 15 is 17.6 Å². The number of hydrogen-bond acceptors (Lipinski definition) is 2. The Morgan fingerprint density at radius 2 is 1.22 bits per heavy atom. The third kappa shape index (κ3) is 8.58. The fourth-order valence-corrected chi connectivity index (χ4v) is 6.16. The van der Waals surface area contributed by atoms with Crippen molar-refractivity contribution in [2.45, 2.75) is 63.8 Å². The molecule has 1 aliphatic rings. The summed E-state index contributed by atoms with van der Waals surface area (Å²) in [5.41, 5.74) is -1.48. The molecule has 4 aromatic rings. The first-order valence-corrected chi connectivity index (χ1v) is 15.5. The molecular weight excluding hydrogens is 666 g/mol. The maximum absolute atomic E-state index is 15.1. The monoisotopic (exact) mass is 696 g/mol. The van der Waals surface area contributed by atoms with Gasteiger partial charge in [0.15, 0.2) is 11.6 Å². The Morgan fingerprint density at radius 3 is 1.78 bits per heavy atom. The first kappa shape index (κ1) is 35.8. The molecular formula is C37H30F10O2. The summed E-state index contributed by atoms with van der Waals surface area (Å²) >= 11 is 0. The fraction of sp³-hybridized carbons (Fsp3) is 0.297. The van der Waals surface area contributed by atoms with Gasteiger partial charge >= 0.3 is 12.5 Å². The molecule has 4 aromatic carbocycles. The quantitative estimate of drug-likeness (QED) is 0.121. The number of hydrogen-bond donors (Lipinski definition) is 0. The SMILES string of the molecule is C/C=C/CCC1CCC(c2cc(F)c(C(F)(F)Oc3ccc(-c4ccc(-c5cc(F)c(OC(F)(F)F)c(F)c5)c(F)c4)cc3)c(F)c2)CC1. The minimum atomic E-state index is -5.35. The molecule has 0 aromatic heterocycles. The molecule has 260 valence electrons. The van der Waals surface area contributed by atoms with Gasteiger partial charge in [0.05, 0.1) is 0 Å². The fourth-order valence-electron chi connectivity index (χ4n) is 6.16. The summed E-state index contributed by atoms with van der Waals surface area (Å²) in [5.74, 6) is -9.02. The van der Waals surface area contributed by atoms with E-state index in [0.717, 1.165) is 62.1 Å². The lowest BCUT2D eigenvalue weighted by Crippen LogP contribution is -2.25. The predicted octanol–water partition coefficient (Wildman–Crippen LogP) is 12.4. The van der Waals surface area contributed by atoms with E-state index in [1.165, 1.54) is 18.2 Å². The maximum atomic E-state index is 15.1. The second-order valence-electron chi connectivity index (χ2n) is 11.9. The zero-order chi connectivity index (χ0) is 35.5. The van der Waals surface area contributed by atoms with Crippen LogP contribution in [0.4, 0.5) is 43.9 Å². The van der Waals surface area contributed by atoms with Gasteiger partial charge in [-0.3, -0.25) is 0 Å². The van der Waals surface area contributed by atoms with Gasteiger partial charge in [0.2, 0.25) is 5.75 Å².